The highest BCUT2D eigenvalue weighted by Crippen LogP contribution is 2.28. The minimum atomic E-state index is -1.70. The summed E-state index contributed by atoms with van der Waals surface area (Å²) in [5.41, 5.74) is -0.832. The molecule has 1 fully saturated rings. The van der Waals surface area contributed by atoms with Crippen LogP contribution < -0.4 is 10.6 Å². The van der Waals surface area contributed by atoms with Crippen molar-refractivity contribution in [1.29, 1.82) is 0 Å². The number of nitrogens with one attached hydrogen (secondary N) is 2. The molecule has 8 heteroatoms. The van der Waals surface area contributed by atoms with Crippen molar-refractivity contribution >= 4 is 18.3 Å². The molecular formula is C14H18ClF3N2O2. The predicted molar refractivity (Wildman–Crippen MR) is 77.8 cm³/mol. The Hall–Kier alpha value is -1.47. The van der Waals surface area contributed by atoms with Gasteiger partial charge in [0.25, 0.3) is 5.91 Å². The van der Waals surface area contributed by atoms with Gasteiger partial charge in [0, 0.05) is 6.54 Å². The van der Waals surface area contributed by atoms with Crippen molar-refractivity contribution in [3.05, 3.63) is 29.1 Å². The van der Waals surface area contributed by atoms with E-state index in [4.69, 9.17) is 5.11 Å². The summed E-state index contributed by atoms with van der Waals surface area (Å²) in [6.45, 7) is 3.94. The zero-order valence-electron chi connectivity index (χ0n) is 12.0. The van der Waals surface area contributed by atoms with E-state index in [1.807, 2.05) is 6.92 Å². The third-order valence-corrected chi connectivity index (χ3v) is 3.86. The van der Waals surface area contributed by atoms with Gasteiger partial charge < -0.3 is 15.7 Å². The van der Waals surface area contributed by atoms with Gasteiger partial charge in [0.05, 0.1) is 5.56 Å². The maximum atomic E-state index is 13.6. The minimum Gasteiger partial charge on any atom is -0.503 e. The summed E-state index contributed by atoms with van der Waals surface area (Å²) in [5.74, 6) is -6.97. The Morgan fingerprint density at radius 2 is 1.91 bits per heavy atom. The van der Waals surface area contributed by atoms with Gasteiger partial charge in [-0.15, -0.1) is 12.4 Å². The molecule has 0 aliphatic carbocycles. The Morgan fingerprint density at radius 1 is 1.32 bits per heavy atom. The van der Waals surface area contributed by atoms with Crippen LogP contribution in [0.15, 0.2) is 6.07 Å². The van der Waals surface area contributed by atoms with Crippen molar-refractivity contribution in [3.63, 3.8) is 0 Å². The number of benzene rings is 1. The molecule has 4 nitrogen and oxygen atoms in total. The molecule has 2 rings (SSSR count). The molecule has 1 heterocycles. The van der Waals surface area contributed by atoms with Crippen LogP contribution >= 0.6 is 12.4 Å². The number of phenols is 1. The van der Waals surface area contributed by atoms with Crippen LogP contribution in [0.5, 0.6) is 5.75 Å². The topological polar surface area (TPSA) is 61.4 Å². The van der Waals surface area contributed by atoms with Gasteiger partial charge in [0.1, 0.15) is 0 Å². The molecule has 1 saturated heterocycles. The van der Waals surface area contributed by atoms with Gasteiger partial charge >= 0.3 is 0 Å². The lowest BCUT2D eigenvalue weighted by Gasteiger charge is -2.34. The highest BCUT2D eigenvalue weighted by Gasteiger charge is 2.28. The van der Waals surface area contributed by atoms with E-state index in [9.17, 15) is 18.0 Å². The van der Waals surface area contributed by atoms with E-state index in [1.54, 1.807) is 0 Å². The molecule has 0 atom stereocenters. The molecule has 0 radical (unpaired) electrons. The van der Waals surface area contributed by atoms with Crippen molar-refractivity contribution in [2.24, 2.45) is 5.41 Å². The van der Waals surface area contributed by atoms with Gasteiger partial charge in [0.2, 0.25) is 5.82 Å². The number of halogens is 4. The van der Waals surface area contributed by atoms with Crippen molar-refractivity contribution in [3.8, 4) is 5.75 Å². The predicted octanol–water partition coefficient (Wildman–Crippen LogP) is 2.35. The smallest absolute Gasteiger partial charge is 0.254 e. The van der Waals surface area contributed by atoms with Gasteiger partial charge in [-0.1, -0.05) is 6.92 Å². The van der Waals surface area contributed by atoms with Crippen LogP contribution in [0.4, 0.5) is 13.2 Å². The van der Waals surface area contributed by atoms with Crippen LogP contribution in [0, 0.1) is 22.9 Å². The minimum absolute atomic E-state index is 0. The maximum absolute atomic E-state index is 13.6. The average molecular weight is 339 g/mol. The lowest BCUT2D eigenvalue weighted by Crippen LogP contribution is -2.43. The molecule has 0 unspecified atom stereocenters. The first-order chi connectivity index (χ1) is 9.84. The van der Waals surface area contributed by atoms with Crippen LogP contribution in [0.3, 0.4) is 0 Å². The third-order valence-electron chi connectivity index (χ3n) is 3.86. The van der Waals surface area contributed by atoms with Crippen molar-refractivity contribution < 1.29 is 23.1 Å². The monoisotopic (exact) mass is 338 g/mol. The highest BCUT2D eigenvalue weighted by atomic mass is 35.5. The van der Waals surface area contributed by atoms with E-state index >= 15 is 0 Å². The molecule has 0 aromatic heterocycles. The Morgan fingerprint density at radius 3 is 2.50 bits per heavy atom. The average Bonchev–Trinajstić information content (AvgIpc) is 2.47. The van der Waals surface area contributed by atoms with E-state index in [0.29, 0.717) is 12.6 Å². The Balaban J connectivity index is 0.00000242. The molecule has 1 aromatic rings. The van der Waals surface area contributed by atoms with Crippen LogP contribution in [-0.4, -0.2) is 30.6 Å². The third kappa shape index (κ3) is 3.84. The molecule has 3 N–H and O–H groups in total. The van der Waals surface area contributed by atoms with Crippen molar-refractivity contribution in [1.82, 2.24) is 10.6 Å². The van der Waals surface area contributed by atoms with Crippen LogP contribution in [-0.2, 0) is 0 Å². The summed E-state index contributed by atoms with van der Waals surface area (Å²) >= 11 is 0. The van der Waals surface area contributed by atoms with Crippen LogP contribution in [0.1, 0.15) is 30.1 Å². The molecule has 124 valence electrons. The van der Waals surface area contributed by atoms with Crippen LogP contribution in [0.2, 0.25) is 0 Å². The summed E-state index contributed by atoms with van der Waals surface area (Å²) in [7, 11) is 0. The number of hydrogen-bond donors (Lipinski definition) is 3. The molecule has 22 heavy (non-hydrogen) atoms. The van der Waals surface area contributed by atoms with Crippen molar-refractivity contribution in [2.75, 3.05) is 19.6 Å². The van der Waals surface area contributed by atoms with Gasteiger partial charge in [-0.25, -0.2) is 8.78 Å². The lowest BCUT2D eigenvalue weighted by atomic mass is 9.81. The normalized spacial score (nSPS) is 16.7. The first kappa shape index (κ1) is 18.6. The first-order valence-electron chi connectivity index (χ1n) is 6.69. The number of hydrogen-bond acceptors (Lipinski definition) is 3. The number of carbonyl (C=O) groups is 1. The summed E-state index contributed by atoms with van der Waals surface area (Å²) in [6.07, 6.45) is 1.69. The Kier molecular flexibility index (Phi) is 6.08. The van der Waals surface area contributed by atoms with Gasteiger partial charge in [-0.05, 0) is 37.4 Å². The summed E-state index contributed by atoms with van der Waals surface area (Å²) in [6, 6.07) is 0.449. The number of phenolic OH excluding ortho intramolecular Hbond substituents is 1. The molecule has 1 aliphatic rings. The van der Waals surface area contributed by atoms with E-state index in [-0.39, 0.29) is 17.8 Å². The fourth-order valence-electron chi connectivity index (χ4n) is 2.35. The largest absolute Gasteiger partial charge is 0.503 e. The molecule has 1 aliphatic heterocycles. The Labute approximate surface area is 132 Å². The fourth-order valence-corrected chi connectivity index (χ4v) is 2.35. The zero-order chi connectivity index (χ0) is 15.6. The van der Waals surface area contributed by atoms with Crippen LogP contribution in [0.25, 0.3) is 0 Å². The van der Waals surface area contributed by atoms with Crippen molar-refractivity contribution in [2.45, 2.75) is 19.8 Å². The highest BCUT2D eigenvalue weighted by molar-refractivity contribution is 5.95. The number of carbonyl (C=O) groups excluding carboxylic acids is 1. The number of amides is 1. The number of piperidine rings is 1. The lowest BCUT2D eigenvalue weighted by molar-refractivity contribution is 0.0916. The molecule has 0 bridgehead atoms. The molecule has 1 aromatic carbocycles. The fraction of sp³-hybridized carbons (Fsp3) is 0.500. The zero-order valence-corrected chi connectivity index (χ0v) is 12.8. The van der Waals surface area contributed by atoms with Gasteiger partial charge in [-0.2, -0.15) is 4.39 Å². The number of aromatic hydroxyl groups is 1. The van der Waals surface area contributed by atoms with Gasteiger partial charge in [0.15, 0.2) is 17.4 Å². The van der Waals surface area contributed by atoms with E-state index < -0.39 is 34.7 Å². The summed E-state index contributed by atoms with van der Waals surface area (Å²) < 4.78 is 39.8. The maximum Gasteiger partial charge on any atom is 0.254 e. The second kappa shape index (κ2) is 7.19. The van der Waals surface area contributed by atoms with Gasteiger partial charge in [-0.3, -0.25) is 4.79 Å². The molecule has 0 saturated carbocycles. The second-order valence-corrected chi connectivity index (χ2v) is 5.63. The quantitative estimate of drug-likeness (QED) is 0.741. The number of rotatable bonds is 3. The first-order valence-corrected chi connectivity index (χ1v) is 6.69. The van der Waals surface area contributed by atoms with E-state index in [1.165, 1.54) is 0 Å². The molecule has 1 amide bonds. The molecule has 0 spiro atoms. The van der Waals surface area contributed by atoms with E-state index in [2.05, 4.69) is 10.6 Å². The standard InChI is InChI=1S/C14H17F3N2O2.ClH/c1-14(2-4-18-5-3-14)7-19-13(21)8-6-9(15)11(17)12(20)10(8)16;/h6,18,20H,2-5,7H2,1H3,(H,19,21);1H. The van der Waals surface area contributed by atoms with E-state index in [0.717, 1.165) is 25.9 Å². The SMILES string of the molecule is CC1(CNC(=O)c2cc(F)c(F)c(O)c2F)CCNCC1.Cl. The summed E-state index contributed by atoms with van der Waals surface area (Å²) in [5, 5.41) is 14.8. The molecular weight excluding hydrogens is 321 g/mol. The summed E-state index contributed by atoms with van der Waals surface area (Å²) in [4.78, 5) is 11.9. The second-order valence-electron chi connectivity index (χ2n) is 5.63. The Bertz CT molecular complexity index is 564.